The molecule has 0 unspecified atom stereocenters. The van der Waals surface area contributed by atoms with Crippen LogP contribution >= 0.6 is 68.0 Å². The number of fused-ring (bicyclic) bond motifs is 16. The predicted molar refractivity (Wildman–Crippen MR) is 343 cm³/mol. The first-order chi connectivity index (χ1) is 43.4. The number of primary amides is 1. The number of pyridine rings is 1. The summed E-state index contributed by atoms with van der Waals surface area (Å²) in [4.78, 5) is 133. The Hall–Kier alpha value is -7.84. The first-order valence-electron chi connectivity index (χ1n) is 29.3. The van der Waals surface area contributed by atoms with Crippen molar-refractivity contribution in [2.24, 2.45) is 23.5 Å². The van der Waals surface area contributed by atoms with Crippen molar-refractivity contribution in [3.05, 3.63) is 112 Å². The fourth-order valence-corrected chi connectivity index (χ4v) is 16.2. The molecule has 0 radical (unpaired) electrons. The van der Waals surface area contributed by atoms with Crippen molar-refractivity contribution in [2.45, 2.75) is 97.0 Å². The van der Waals surface area contributed by atoms with Gasteiger partial charge in [-0.25, -0.2) is 34.9 Å². The van der Waals surface area contributed by atoms with Gasteiger partial charge >= 0.3 is 5.97 Å². The molecular weight excluding hydrogens is 1270 g/mol. The molecule has 3 aliphatic rings. The Morgan fingerprint density at radius 1 is 0.733 bits per heavy atom. The quantitative estimate of drug-likeness (QED) is 0.0518. The van der Waals surface area contributed by atoms with Crippen LogP contribution in [0.1, 0.15) is 132 Å². The van der Waals surface area contributed by atoms with E-state index < -0.39 is 65.7 Å². The highest BCUT2D eigenvalue weighted by molar-refractivity contribution is 7.15. The number of likely N-dealkylation sites (N-methyl/N-ethyl adjacent to an activating group) is 1. The lowest BCUT2D eigenvalue weighted by molar-refractivity contribution is -0.143. The third-order valence-corrected chi connectivity index (χ3v) is 21.6. The maximum absolute atomic E-state index is 15.2. The number of aryl methyl sites for hydroxylation is 1. The van der Waals surface area contributed by atoms with E-state index in [1.54, 1.807) is 34.7 Å². The molecular formula is C60H64N14O10S6. The Balaban J connectivity index is 0.930. The van der Waals surface area contributed by atoms with Gasteiger partial charge in [0.05, 0.1) is 42.8 Å². The number of hydrogen-bond acceptors (Lipinski definition) is 23. The Labute approximate surface area is 540 Å². The normalized spacial score (nSPS) is 20.6. The molecule has 1 aromatic carbocycles. The first kappa shape index (κ1) is 63.7. The highest BCUT2D eigenvalue weighted by Gasteiger charge is 2.45. The molecule has 470 valence electrons. The lowest BCUT2D eigenvalue weighted by atomic mass is 9.82. The van der Waals surface area contributed by atoms with Crippen LogP contribution in [-0.4, -0.2) is 148 Å². The zero-order valence-electron chi connectivity index (χ0n) is 49.3. The number of aliphatic carboxylic acids is 1. The van der Waals surface area contributed by atoms with Crippen LogP contribution < -0.4 is 31.7 Å². The number of rotatable bonds is 15. The summed E-state index contributed by atoms with van der Waals surface area (Å²) in [6, 6.07) is 8.02. The second kappa shape index (κ2) is 28.1. The first-order valence-corrected chi connectivity index (χ1v) is 34.5. The number of aliphatic hydroxyl groups excluding tert-OH is 1. The second-order valence-corrected chi connectivity index (χ2v) is 27.8. The summed E-state index contributed by atoms with van der Waals surface area (Å²) in [5, 5.41) is 43.5. The minimum Gasteiger partial charge on any atom is -0.492 e. The number of thiazole rings is 6. The van der Waals surface area contributed by atoms with Gasteiger partial charge in [-0.3, -0.25) is 33.6 Å². The van der Waals surface area contributed by atoms with E-state index in [0.29, 0.717) is 103 Å². The van der Waals surface area contributed by atoms with Crippen molar-refractivity contribution in [2.75, 3.05) is 39.3 Å². The number of aromatic nitrogens is 7. The minimum absolute atomic E-state index is 0.0110. The van der Waals surface area contributed by atoms with Gasteiger partial charge in [0.15, 0.2) is 0 Å². The van der Waals surface area contributed by atoms with Crippen LogP contribution in [0.5, 0.6) is 5.75 Å². The number of ether oxygens (including phenoxy) is 1. The van der Waals surface area contributed by atoms with Crippen molar-refractivity contribution in [3.63, 3.8) is 0 Å². The van der Waals surface area contributed by atoms with Gasteiger partial charge in [-0.15, -0.1) is 68.0 Å². The number of carboxylic acid groups (broad SMARTS) is 1. The smallest absolute Gasteiger partial charge is 0.306 e. The van der Waals surface area contributed by atoms with Crippen LogP contribution in [0.3, 0.4) is 0 Å². The van der Waals surface area contributed by atoms with Gasteiger partial charge in [0.1, 0.15) is 88.3 Å². The largest absolute Gasteiger partial charge is 0.492 e. The van der Waals surface area contributed by atoms with Crippen molar-refractivity contribution in [1.82, 2.24) is 66.0 Å². The number of nitrogens with two attached hydrogens (primary N) is 1. The number of aliphatic hydroxyl groups is 1. The zero-order valence-corrected chi connectivity index (χ0v) is 54.2. The molecule has 9 heterocycles. The number of benzene rings is 1. The number of carboxylic acids is 1. The summed E-state index contributed by atoms with van der Waals surface area (Å²) in [5.74, 6) is -4.21. The van der Waals surface area contributed by atoms with E-state index in [2.05, 4.69) is 55.0 Å². The zero-order chi connectivity index (χ0) is 63.3. The monoisotopic (exact) mass is 1330 g/mol. The molecule has 7 aromatic heterocycles. The fourth-order valence-electron chi connectivity index (χ4n) is 11.0. The maximum Gasteiger partial charge on any atom is 0.306 e. The number of carbonyl (C=O) groups is 7. The lowest BCUT2D eigenvalue weighted by Crippen LogP contribution is -2.50. The average molecular weight is 1330 g/mol. The summed E-state index contributed by atoms with van der Waals surface area (Å²) in [6.07, 6.45) is 1.32. The minimum atomic E-state index is -1.14. The molecule has 1 saturated heterocycles. The molecule has 5 atom stereocenters. The summed E-state index contributed by atoms with van der Waals surface area (Å²) in [5.41, 5.74) is 8.93. The van der Waals surface area contributed by atoms with Crippen LogP contribution in [0, 0.1) is 24.7 Å². The number of carbonyl (C=O) groups excluding carboxylic acids is 6. The molecule has 8 N–H and O–H groups in total. The highest BCUT2D eigenvalue weighted by Crippen LogP contribution is 2.43. The van der Waals surface area contributed by atoms with E-state index >= 15 is 4.79 Å². The fraction of sp³-hybridized carbons (Fsp3) is 0.400. The van der Waals surface area contributed by atoms with Gasteiger partial charge in [0.25, 0.3) is 23.6 Å². The SMILES string of the molecule is CCN(CC)CCOc1ccc(C[C@@H]2NC(=O)c3csc(n3)CNC(=O)c3nc(sc3C)[C@H](CC(N)=O)NC(=O)c3csc(n3)-c3ccc(-c4nc(C(=O)NCC5CCC(C(=O)O)CC5)cs4)nc3-c3csc(n3)-c3csc(n3)[C@@H]3[C@@H](C)[C@@H](O)CN3C2=O)cc1. The molecule has 2 aliphatic heterocycles. The molecule has 6 amide bonds. The van der Waals surface area contributed by atoms with Crippen LogP contribution in [-0.2, 0) is 27.3 Å². The summed E-state index contributed by atoms with van der Waals surface area (Å²) < 4.78 is 6.05. The van der Waals surface area contributed by atoms with Gasteiger partial charge in [-0.2, -0.15) is 0 Å². The summed E-state index contributed by atoms with van der Waals surface area (Å²) in [7, 11) is 0. The average Bonchev–Trinajstić information content (AvgIpc) is 1.71. The Bertz CT molecular complexity index is 3960. The Morgan fingerprint density at radius 3 is 2.16 bits per heavy atom. The van der Waals surface area contributed by atoms with Crippen molar-refractivity contribution < 1.29 is 48.5 Å². The number of hydrogen-bond donors (Lipinski definition) is 7. The van der Waals surface area contributed by atoms with E-state index in [0.717, 1.165) is 47.9 Å². The molecule has 90 heavy (non-hydrogen) atoms. The van der Waals surface area contributed by atoms with Gasteiger partial charge < -0.3 is 51.8 Å². The van der Waals surface area contributed by atoms with E-state index in [9.17, 15) is 39.0 Å². The van der Waals surface area contributed by atoms with E-state index in [1.807, 2.05) is 41.9 Å². The van der Waals surface area contributed by atoms with Gasteiger partial charge in [0, 0.05) is 69.3 Å². The number of nitrogens with zero attached hydrogens (tertiary/aromatic N) is 9. The van der Waals surface area contributed by atoms with Gasteiger partial charge in [-0.05, 0) is 81.4 Å². The molecule has 2 fully saturated rings. The third-order valence-electron chi connectivity index (χ3n) is 16.2. The molecule has 30 heteroatoms. The van der Waals surface area contributed by atoms with Crippen LogP contribution in [0.4, 0.5) is 0 Å². The maximum atomic E-state index is 15.2. The molecule has 0 spiro atoms. The molecule has 11 rings (SSSR count). The van der Waals surface area contributed by atoms with Crippen molar-refractivity contribution in [1.29, 1.82) is 0 Å². The molecule has 1 saturated carbocycles. The Kier molecular flexibility index (Phi) is 19.9. The van der Waals surface area contributed by atoms with Crippen LogP contribution in [0.2, 0.25) is 0 Å². The van der Waals surface area contributed by atoms with Crippen LogP contribution in [0.25, 0.3) is 43.4 Å². The highest BCUT2D eigenvalue weighted by atomic mass is 32.1. The number of amides is 6. The Morgan fingerprint density at radius 2 is 1.41 bits per heavy atom. The topological polar surface area (TPSA) is 340 Å². The van der Waals surface area contributed by atoms with Crippen molar-refractivity contribution >= 4 is 109 Å². The molecule has 24 nitrogen and oxygen atoms in total. The molecule has 10 bridgehead atoms. The van der Waals surface area contributed by atoms with Crippen molar-refractivity contribution in [3.8, 4) is 49.1 Å². The summed E-state index contributed by atoms with van der Waals surface area (Å²) in [6.45, 7) is 11.1. The predicted octanol–water partition coefficient (Wildman–Crippen LogP) is 7.65. The van der Waals surface area contributed by atoms with E-state index in [-0.39, 0.29) is 71.5 Å². The standard InChI is InChI=1S/C60H64N14O10S6/c1-5-73(6-2)17-18-84-34-13-9-31(10-14-34)19-38-59(81)74-23-44(75)29(3)49(74)58-71-43(28-89-58)56-68-39(24-87-56)48-35(15-16-36(65-48)55-70-40(26-88-55)50(77)62-21-32-7-11-33(12-8-32)60(82)83)54-69-42(27-86-54)52(79)66-37(20-45(61)76)57-72-47(30(4)90-57)53(80)63-22-46-64-41(25-85-46)51(78)67-38/h9-10,13-16,24-29,32-33,37-38,44,49,75H,5-8,11-12,17-23H2,1-4H3,(H2,61,76)(H,62,77)(H,63,80)(H,66,79)(H,67,78)(H,82,83)/t29-,32?,33?,37-,38-,44-,49-/m0/s1. The second-order valence-electron chi connectivity index (χ2n) is 22.1. The van der Waals surface area contributed by atoms with Crippen LogP contribution in [0.15, 0.2) is 63.3 Å². The molecule has 8 aromatic rings. The van der Waals surface area contributed by atoms with E-state index in [1.165, 1.54) is 50.7 Å². The lowest BCUT2D eigenvalue weighted by Gasteiger charge is -2.29. The van der Waals surface area contributed by atoms with E-state index in [4.69, 9.17) is 30.4 Å². The molecule has 1 aliphatic carbocycles. The van der Waals surface area contributed by atoms with Gasteiger partial charge in [0.2, 0.25) is 11.8 Å². The number of nitrogens with one attached hydrogen (secondary N) is 4. The summed E-state index contributed by atoms with van der Waals surface area (Å²) >= 11 is 7.24. The van der Waals surface area contributed by atoms with Gasteiger partial charge in [-0.1, -0.05) is 32.9 Å². The third kappa shape index (κ3) is 14.5.